The minimum Gasteiger partial charge on any atom is -0.312 e. The molecule has 17 heavy (non-hydrogen) atoms. The van der Waals surface area contributed by atoms with Crippen molar-refractivity contribution in [3.8, 4) is 0 Å². The first-order chi connectivity index (χ1) is 7.97. The number of nitrogens with zero attached hydrogens (tertiary/aromatic N) is 2. The fourth-order valence-electron chi connectivity index (χ4n) is 1.35. The van der Waals surface area contributed by atoms with Crippen LogP contribution in [0.15, 0.2) is 17.4 Å². The smallest absolute Gasteiger partial charge is 0.187 e. The Labute approximate surface area is 109 Å². The second-order valence-electron chi connectivity index (χ2n) is 5.21. The number of thioether (sulfide) groups is 1. The quantitative estimate of drug-likeness (QED) is 0.480. The number of unbranched alkanes of at least 4 members (excludes halogenated alkanes) is 1. The minimum atomic E-state index is 0.229. The van der Waals surface area contributed by atoms with Gasteiger partial charge in [-0.3, -0.25) is 0 Å². The van der Waals surface area contributed by atoms with E-state index in [2.05, 4.69) is 36.1 Å². The molecule has 0 saturated carbocycles. The van der Waals surface area contributed by atoms with E-state index in [-0.39, 0.29) is 5.54 Å². The highest BCUT2D eigenvalue weighted by atomic mass is 32.2. The van der Waals surface area contributed by atoms with E-state index in [9.17, 15) is 0 Å². The summed E-state index contributed by atoms with van der Waals surface area (Å²) in [6.07, 6.45) is 4.23. The first-order valence-electron chi connectivity index (χ1n) is 6.15. The molecule has 1 heterocycles. The van der Waals surface area contributed by atoms with E-state index in [0.29, 0.717) is 0 Å². The van der Waals surface area contributed by atoms with Crippen molar-refractivity contribution < 1.29 is 0 Å². The second kappa shape index (κ2) is 6.97. The van der Waals surface area contributed by atoms with Gasteiger partial charge in [0.1, 0.15) is 0 Å². The van der Waals surface area contributed by atoms with Crippen molar-refractivity contribution in [1.29, 1.82) is 0 Å². The van der Waals surface area contributed by atoms with Gasteiger partial charge in [-0.2, -0.15) is 0 Å². The lowest BCUT2D eigenvalue weighted by molar-refractivity contribution is 0.421. The highest BCUT2D eigenvalue weighted by Crippen LogP contribution is 2.14. The van der Waals surface area contributed by atoms with Crippen LogP contribution in [0.1, 0.15) is 39.3 Å². The number of aromatic nitrogens is 2. The summed E-state index contributed by atoms with van der Waals surface area (Å²) in [5.74, 6) is 1.09. The van der Waals surface area contributed by atoms with Crippen LogP contribution < -0.4 is 5.32 Å². The van der Waals surface area contributed by atoms with Crippen molar-refractivity contribution in [2.24, 2.45) is 0 Å². The highest BCUT2D eigenvalue weighted by molar-refractivity contribution is 7.99. The van der Waals surface area contributed by atoms with E-state index >= 15 is 0 Å². The molecule has 0 aromatic carbocycles. The van der Waals surface area contributed by atoms with Gasteiger partial charge in [0.2, 0.25) is 0 Å². The number of aryl methyl sites for hydroxylation is 1. The van der Waals surface area contributed by atoms with E-state index in [4.69, 9.17) is 0 Å². The normalized spacial score (nSPS) is 11.8. The summed E-state index contributed by atoms with van der Waals surface area (Å²) in [5, 5.41) is 4.39. The molecule has 0 unspecified atom stereocenters. The molecule has 1 aromatic rings. The monoisotopic (exact) mass is 253 g/mol. The zero-order valence-corrected chi connectivity index (χ0v) is 12.1. The molecule has 1 N–H and O–H groups in total. The molecule has 0 aliphatic carbocycles. The number of hydrogen-bond acceptors (Lipinski definition) is 4. The fourth-order valence-corrected chi connectivity index (χ4v) is 2.22. The topological polar surface area (TPSA) is 37.8 Å². The van der Waals surface area contributed by atoms with Gasteiger partial charge in [-0.1, -0.05) is 11.8 Å². The van der Waals surface area contributed by atoms with Crippen LogP contribution in [-0.2, 0) is 0 Å². The van der Waals surface area contributed by atoms with E-state index < -0.39 is 0 Å². The molecule has 0 saturated heterocycles. The Bertz CT molecular complexity index is 334. The minimum absolute atomic E-state index is 0.229. The third-order valence-corrected chi connectivity index (χ3v) is 3.18. The van der Waals surface area contributed by atoms with Crippen molar-refractivity contribution in [3.05, 3.63) is 18.0 Å². The van der Waals surface area contributed by atoms with Gasteiger partial charge in [0, 0.05) is 23.2 Å². The number of nitrogens with one attached hydrogen (secondary N) is 1. The van der Waals surface area contributed by atoms with E-state index in [0.717, 1.165) is 23.1 Å². The van der Waals surface area contributed by atoms with Gasteiger partial charge in [-0.25, -0.2) is 9.97 Å². The molecule has 0 aliphatic heterocycles. The Morgan fingerprint density at radius 3 is 2.71 bits per heavy atom. The van der Waals surface area contributed by atoms with Crippen LogP contribution in [-0.4, -0.2) is 27.8 Å². The molecule has 0 bridgehead atoms. The molecule has 0 fully saturated rings. The third-order valence-electron chi connectivity index (χ3n) is 2.23. The van der Waals surface area contributed by atoms with Crippen molar-refractivity contribution in [3.63, 3.8) is 0 Å². The molecular formula is C13H23N3S. The van der Waals surface area contributed by atoms with Crippen LogP contribution >= 0.6 is 11.8 Å². The molecule has 96 valence electrons. The Morgan fingerprint density at radius 1 is 1.29 bits per heavy atom. The number of hydrogen-bond donors (Lipinski definition) is 1. The fraction of sp³-hybridized carbons (Fsp3) is 0.692. The van der Waals surface area contributed by atoms with Crippen molar-refractivity contribution in [2.45, 2.75) is 51.2 Å². The van der Waals surface area contributed by atoms with Gasteiger partial charge in [-0.15, -0.1) is 0 Å². The highest BCUT2D eigenvalue weighted by Gasteiger charge is 2.07. The Kier molecular flexibility index (Phi) is 5.92. The Morgan fingerprint density at radius 2 is 2.06 bits per heavy atom. The molecular weight excluding hydrogens is 230 g/mol. The summed E-state index contributed by atoms with van der Waals surface area (Å²) in [5.41, 5.74) is 1.27. The average molecular weight is 253 g/mol. The summed E-state index contributed by atoms with van der Waals surface area (Å²) in [6.45, 7) is 9.67. The van der Waals surface area contributed by atoms with Crippen LogP contribution in [0.3, 0.4) is 0 Å². The predicted molar refractivity (Wildman–Crippen MR) is 74.5 cm³/mol. The zero-order chi connectivity index (χ0) is 12.7. The number of rotatable bonds is 6. The molecule has 4 heteroatoms. The van der Waals surface area contributed by atoms with Crippen molar-refractivity contribution in [2.75, 3.05) is 12.3 Å². The first-order valence-corrected chi connectivity index (χ1v) is 7.13. The van der Waals surface area contributed by atoms with Crippen LogP contribution in [0.5, 0.6) is 0 Å². The van der Waals surface area contributed by atoms with Gasteiger partial charge in [0.25, 0.3) is 0 Å². The predicted octanol–water partition coefficient (Wildman–Crippen LogP) is 3.05. The SMILES string of the molecule is Cc1ccnc(SCCCCNC(C)(C)C)n1. The van der Waals surface area contributed by atoms with E-state index in [1.54, 1.807) is 11.8 Å². The second-order valence-corrected chi connectivity index (χ2v) is 6.28. The lowest BCUT2D eigenvalue weighted by Gasteiger charge is -2.20. The van der Waals surface area contributed by atoms with Gasteiger partial charge < -0.3 is 5.32 Å². The van der Waals surface area contributed by atoms with Gasteiger partial charge in [0.05, 0.1) is 0 Å². The summed E-state index contributed by atoms with van der Waals surface area (Å²) < 4.78 is 0. The van der Waals surface area contributed by atoms with Gasteiger partial charge in [0.15, 0.2) is 5.16 Å². The maximum absolute atomic E-state index is 4.37. The zero-order valence-electron chi connectivity index (χ0n) is 11.3. The maximum Gasteiger partial charge on any atom is 0.187 e. The summed E-state index contributed by atoms with van der Waals surface area (Å²) >= 11 is 1.74. The molecule has 1 rings (SSSR count). The van der Waals surface area contributed by atoms with Gasteiger partial charge in [-0.05, 0) is 53.1 Å². The Hall–Kier alpha value is -0.610. The summed E-state index contributed by atoms with van der Waals surface area (Å²) in [7, 11) is 0. The largest absolute Gasteiger partial charge is 0.312 e. The molecule has 0 spiro atoms. The Balaban J connectivity index is 2.09. The van der Waals surface area contributed by atoms with E-state index in [1.807, 2.05) is 19.2 Å². The van der Waals surface area contributed by atoms with Crippen molar-refractivity contribution >= 4 is 11.8 Å². The first kappa shape index (κ1) is 14.5. The van der Waals surface area contributed by atoms with Crippen molar-refractivity contribution in [1.82, 2.24) is 15.3 Å². The lowest BCUT2D eigenvalue weighted by Crippen LogP contribution is -2.36. The molecule has 0 radical (unpaired) electrons. The molecule has 0 aliphatic rings. The molecule has 3 nitrogen and oxygen atoms in total. The molecule has 1 aromatic heterocycles. The molecule has 0 amide bonds. The van der Waals surface area contributed by atoms with Crippen LogP contribution in [0.25, 0.3) is 0 Å². The maximum atomic E-state index is 4.37. The van der Waals surface area contributed by atoms with Crippen LogP contribution in [0.4, 0.5) is 0 Å². The van der Waals surface area contributed by atoms with E-state index in [1.165, 1.54) is 12.8 Å². The lowest BCUT2D eigenvalue weighted by atomic mass is 10.1. The average Bonchev–Trinajstić information content (AvgIpc) is 2.22. The van der Waals surface area contributed by atoms with Gasteiger partial charge >= 0.3 is 0 Å². The standard InChI is InChI=1S/C13H23N3S/c1-11-7-9-14-12(16-11)17-10-6-5-8-15-13(2,3)4/h7,9,15H,5-6,8,10H2,1-4H3. The third kappa shape index (κ3) is 7.34. The summed E-state index contributed by atoms with van der Waals surface area (Å²) in [4.78, 5) is 8.60. The van der Waals surface area contributed by atoms with Crippen LogP contribution in [0, 0.1) is 6.92 Å². The van der Waals surface area contributed by atoms with Crippen LogP contribution in [0.2, 0.25) is 0 Å². The summed E-state index contributed by atoms with van der Waals surface area (Å²) in [6, 6.07) is 1.93. The molecule has 0 atom stereocenters.